The molecule has 0 bridgehead atoms. The summed E-state index contributed by atoms with van der Waals surface area (Å²) in [5.41, 5.74) is 0. The average Bonchev–Trinajstić information content (AvgIpc) is 1.89. The van der Waals surface area contributed by atoms with Crippen molar-refractivity contribution in [2.75, 3.05) is 0 Å². The van der Waals surface area contributed by atoms with Crippen molar-refractivity contribution >= 4 is 5.97 Å². The van der Waals surface area contributed by atoms with Crippen LogP contribution in [-0.2, 0) is 9.53 Å². The maximum atomic E-state index is 10.4. The highest BCUT2D eigenvalue weighted by Gasteiger charge is 1.90. The maximum absolute atomic E-state index is 10.4. The number of ether oxygens (including phenoxy) is 1. The van der Waals surface area contributed by atoms with Crippen LogP contribution in [0.3, 0.4) is 0 Å². The molecule has 0 aliphatic heterocycles. The summed E-state index contributed by atoms with van der Waals surface area (Å²) in [5, 5.41) is 0. The molecule has 0 aromatic carbocycles. The van der Waals surface area contributed by atoms with E-state index in [4.69, 9.17) is 0 Å². The van der Waals surface area contributed by atoms with Gasteiger partial charge in [-0.15, -0.1) is 0 Å². The molecule has 0 heterocycles. The van der Waals surface area contributed by atoms with Gasteiger partial charge in [-0.2, -0.15) is 0 Å². The van der Waals surface area contributed by atoms with Gasteiger partial charge in [-0.1, -0.05) is 13.8 Å². The second-order valence-electron chi connectivity index (χ2n) is 1.62. The number of rotatable bonds is 3. The van der Waals surface area contributed by atoms with Crippen LogP contribution in [0.25, 0.3) is 0 Å². The molecule has 0 fully saturated rings. The molecule has 2 heteroatoms. The van der Waals surface area contributed by atoms with E-state index in [1.54, 1.807) is 13.0 Å². The fourth-order valence-electron chi connectivity index (χ4n) is 0.304. The molecule has 0 rings (SSSR count). The minimum Gasteiger partial charge on any atom is -0.435 e. The van der Waals surface area contributed by atoms with Gasteiger partial charge in [0.1, 0.15) is 0 Å². The molecule has 0 saturated carbocycles. The molecule has 0 aliphatic rings. The third kappa shape index (κ3) is 5.07. The summed E-state index contributed by atoms with van der Waals surface area (Å²) in [5.74, 6) is -0.181. The lowest BCUT2D eigenvalue weighted by atomic mass is 10.5. The van der Waals surface area contributed by atoms with Crippen LogP contribution >= 0.6 is 0 Å². The van der Waals surface area contributed by atoms with Crippen LogP contribution in [0, 0.1) is 0 Å². The van der Waals surface area contributed by atoms with Gasteiger partial charge in [0.15, 0.2) is 0 Å². The topological polar surface area (TPSA) is 26.3 Å². The molecular formula is C7H12O2. The van der Waals surface area contributed by atoms with E-state index < -0.39 is 0 Å². The van der Waals surface area contributed by atoms with E-state index in [1.165, 1.54) is 6.26 Å². The zero-order valence-corrected chi connectivity index (χ0v) is 5.89. The summed E-state index contributed by atoms with van der Waals surface area (Å²) >= 11 is 0. The lowest BCUT2D eigenvalue weighted by Gasteiger charge is -1.91. The summed E-state index contributed by atoms with van der Waals surface area (Å²) < 4.78 is 4.61. The summed E-state index contributed by atoms with van der Waals surface area (Å²) in [6, 6.07) is 0. The summed E-state index contributed by atoms with van der Waals surface area (Å²) in [4.78, 5) is 10.4. The number of carbonyl (C=O) groups excluding carboxylic acids is 1. The Hall–Kier alpha value is -0.790. The van der Waals surface area contributed by atoms with Crippen LogP contribution < -0.4 is 0 Å². The smallest absolute Gasteiger partial charge is 0.310 e. The minimum atomic E-state index is -0.181. The van der Waals surface area contributed by atoms with Gasteiger partial charge in [0, 0.05) is 6.42 Å². The van der Waals surface area contributed by atoms with E-state index in [0.29, 0.717) is 6.42 Å². The van der Waals surface area contributed by atoms with Crippen molar-refractivity contribution in [3.63, 3.8) is 0 Å². The van der Waals surface area contributed by atoms with Crippen molar-refractivity contribution in [3.05, 3.63) is 12.3 Å². The van der Waals surface area contributed by atoms with Crippen LogP contribution in [0.1, 0.15) is 26.7 Å². The monoisotopic (exact) mass is 128 g/mol. The zero-order valence-electron chi connectivity index (χ0n) is 5.89. The van der Waals surface area contributed by atoms with Gasteiger partial charge in [0.2, 0.25) is 0 Å². The first-order valence-corrected chi connectivity index (χ1v) is 3.15. The Morgan fingerprint density at radius 1 is 1.56 bits per heavy atom. The maximum Gasteiger partial charge on any atom is 0.310 e. The first-order valence-electron chi connectivity index (χ1n) is 3.15. The largest absolute Gasteiger partial charge is 0.435 e. The van der Waals surface area contributed by atoms with Gasteiger partial charge in [-0.3, -0.25) is 4.79 Å². The summed E-state index contributed by atoms with van der Waals surface area (Å²) in [6.07, 6.45) is 4.57. The van der Waals surface area contributed by atoms with Crippen molar-refractivity contribution in [2.24, 2.45) is 0 Å². The standard InChI is InChI=1S/C7H12O2/c1-3-5-6-9-7(8)4-2/h5-6H,3-4H2,1-2H3. The normalized spacial score (nSPS) is 10.0. The van der Waals surface area contributed by atoms with E-state index in [2.05, 4.69) is 4.74 Å². The van der Waals surface area contributed by atoms with Crippen LogP contribution in [0.2, 0.25) is 0 Å². The Balaban J connectivity index is 3.26. The first kappa shape index (κ1) is 8.21. The molecule has 2 nitrogen and oxygen atoms in total. The van der Waals surface area contributed by atoms with Crippen LogP contribution in [-0.4, -0.2) is 5.97 Å². The average molecular weight is 128 g/mol. The fourth-order valence-corrected chi connectivity index (χ4v) is 0.304. The molecule has 0 aliphatic carbocycles. The van der Waals surface area contributed by atoms with Gasteiger partial charge in [-0.25, -0.2) is 0 Å². The first-order chi connectivity index (χ1) is 4.31. The second kappa shape index (κ2) is 5.35. The van der Waals surface area contributed by atoms with E-state index in [9.17, 15) is 4.79 Å². The van der Waals surface area contributed by atoms with Crippen molar-refractivity contribution in [1.29, 1.82) is 0 Å². The minimum absolute atomic E-state index is 0.181. The number of carbonyl (C=O) groups is 1. The predicted molar refractivity (Wildman–Crippen MR) is 35.8 cm³/mol. The van der Waals surface area contributed by atoms with Crippen molar-refractivity contribution in [2.45, 2.75) is 26.7 Å². The molecule has 0 saturated heterocycles. The molecule has 9 heavy (non-hydrogen) atoms. The number of allylic oxidation sites excluding steroid dienone is 1. The van der Waals surface area contributed by atoms with Gasteiger partial charge in [-0.05, 0) is 12.5 Å². The molecule has 0 amide bonds. The Morgan fingerprint density at radius 2 is 2.22 bits per heavy atom. The SMILES string of the molecule is CCC=COC(=O)CC. The predicted octanol–water partition coefficient (Wildman–Crippen LogP) is 1.86. The van der Waals surface area contributed by atoms with E-state index in [1.807, 2.05) is 6.92 Å². The van der Waals surface area contributed by atoms with Crippen molar-refractivity contribution in [1.82, 2.24) is 0 Å². The number of hydrogen-bond acceptors (Lipinski definition) is 2. The highest BCUT2D eigenvalue weighted by Crippen LogP contribution is 1.86. The quantitative estimate of drug-likeness (QED) is 0.428. The molecule has 0 radical (unpaired) electrons. The second-order valence-corrected chi connectivity index (χ2v) is 1.62. The highest BCUT2D eigenvalue weighted by atomic mass is 16.5. The zero-order chi connectivity index (χ0) is 7.11. The molecule has 0 unspecified atom stereocenters. The van der Waals surface area contributed by atoms with E-state index in [-0.39, 0.29) is 5.97 Å². The molecule has 0 N–H and O–H groups in total. The van der Waals surface area contributed by atoms with Crippen molar-refractivity contribution < 1.29 is 9.53 Å². The van der Waals surface area contributed by atoms with Crippen LogP contribution in [0.5, 0.6) is 0 Å². The summed E-state index contributed by atoms with van der Waals surface area (Å²) in [7, 11) is 0. The molecule has 52 valence electrons. The third-order valence-corrected chi connectivity index (χ3v) is 0.820. The number of esters is 1. The van der Waals surface area contributed by atoms with Crippen molar-refractivity contribution in [3.8, 4) is 0 Å². The van der Waals surface area contributed by atoms with Gasteiger partial charge < -0.3 is 4.74 Å². The van der Waals surface area contributed by atoms with Gasteiger partial charge in [0.25, 0.3) is 0 Å². The van der Waals surface area contributed by atoms with Gasteiger partial charge >= 0.3 is 5.97 Å². The van der Waals surface area contributed by atoms with Gasteiger partial charge in [0.05, 0.1) is 6.26 Å². The summed E-state index contributed by atoms with van der Waals surface area (Å²) in [6.45, 7) is 3.75. The fraction of sp³-hybridized carbons (Fsp3) is 0.571. The van der Waals surface area contributed by atoms with Crippen LogP contribution in [0.4, 0.5) is 0 Å². The van der Waals surface area contributed by atoms with E-state index in [0.717, 1.165) is 6.42 Å². The lowest BCUT2D eigenvalue weighted by molar-refractivity contribution is -0.137. The van der Waals surface area contributed by atoms with Crippen LogP contribution in [0.15, 0.2) is 12.3 Å². The molecule has 0 atom stereocenters. The Labute approximate surface area is 55.5 Å². The highest BCUT2D eigenvalue weighted by molar-refractivity contribution is 5.69. The number of hydrogen-bond donors (Lipinski definition) is 0. The Kier molecular flexibility index (Phi) is 4.88. The molecule has 0 spiro atoms. The molecule has 0 aromatic rings. The Bertz CT molecular complexity index is 105. The third-order valence-electron chi connectivity index (χ3n) is 0.820. The van der Waals surface area contributed by atoms with E-state index >= 15 is 0 Å². The Morgan fingerprint density at radius 3 is 2.67 bits per heavy atom. The molecule has 0 aromatic heterocycles. The molecular weight excluding hydrogens is 116 g/mol. The lowest BCUT2D eigenvalue weighted by Crippen LogP contribution is -1.94.